The molecule has 1 amide bonds. The number of carbonyl (C=O) groups is 1. The Morgan fingerprint density at radius 3 is 2.45 bits per heavy atom. The molecule has 0 bridgehead atoms. The Kier molecular flexibility index (Phi) is 6.15. The van der Waals surface area contributed by atoms with Crippen molar-refractivity contribution in [2.75, 3.05) is 0 Å². The van der Waals surface area contributed by atoms with Crippen LogP contribution in [0.5, 0.6) is 0 Å². The molecule has 0 atom stereocenters. The number of hydrogen-bond acceptors (Lipinski definition) is 1. The molecule has 1 heterocycles. The number of rotatable bonds is 7. The minimum atomic E-state index is -4.79. The van der Waals surface area contributed by atoms with Crippen LogP contribution in [0.4, 0.5) is 17.6 Å². The Morgan fingerprint density at radius 1 is 1.00 bits per heavy atom. The van der Waals surface area contributed by atoms with Crippen molar-refractivity contribution in [3.05, 3.63) is 82.7 Å². The summed E-state index contributed by atoms with van der Waals surface area (Å²) in [6, 6.07) is 14.2. The second-order valence-corrected chi connectivity index (χ2v) is 8.24. The van der Waals surface area contributed by atoms with Gasteiger partial charge in [-0.05, 0) is 42.7 Å². The molecule has 0 aliphatic rings. The van der Waals surface area contributed by atoms with Crippen molar-refractivity contribution in [3.8, 4) is 0 Å². The van der Waals surface area contributed by atoms with Gasteiger partial charge in [-0.15, -0.1) is 0 Å². The number of aromatic nitrogens is 1. The first-order valence-corrected chi connectivity index (χ1v) is 10.9. The maximum Gasteiger partial charge on any atom is 0.419 e. The number of carbonyl (C=O) groups excluding carboxylic acids is 1. The van der Waals surface area contributed by atoms with E-state index in [1.54, 1.807) is 22.8 Å². The summed E-state index contributed by atoms with van der Waals surface area (Å²) in [5.41, 5.74) is 6.96. The summed E-state index contributed by atoms with van der Waals surface area (Å²) in [4.78, 5) is 12.1. The zero-order chi connectivity index (χ0) is 23.8. The number of unbranched alkanes of at least 4 members (excludes halogenated alkanes) is 2. The lowest BCUT2D eigenvalue weighted by Crippen LogP contribution is -2.12. The molecule has 3 nitrogen and oxygen atoms in total. The van der Waals surface area contributed by atoms with Crippen LogP contribution >= 0.6 is 0 Å². The van der Waals surface area contributed by atoms with Crippen LogP contribution in [0.2, 0.25) is 0 Å². The van der Waals surface area contributed by atoms with E-state index >= 15 is 0 Å². The first-order chi connectivity index (χ1) is 15.7. The lowest BCUT2D eigenvalue weighted by molar-refractivity contribution is -0.140. The molecule has 4 aromatic rings. The molecule has 0 aliphatic heterocycles. The van der Waals surface area contributed by atoms with Gasteiger partial charge in [0.15, 0.2) is 0 Å². The van der Waals surface area contributed by atoms with E-state index in [9.17, 15) is 22.4 Å². The highest BCUT2D eigenvalue weighted by Gasteiger charge is 2.34. The van der Waals surface area contributed by atoms with E-state index in [4.69, 9.17) is 5.73 Å². The Hall–Kier alpha value is -3.35. The number of amides is 1. The average Bonchev–Trinajstić information content (AvgIpc) is 3.07. The lowest BCUT2D eigenvalue weighted by Gasteiger charge is -2.13. The van der Waals surface area contributed by atoms with E-state index in [2.05, 4.69) is 6.92 Å². The summed E-state index contributed by atoms with van der Waals surface area (Å²) in [6.07, 6.45) is -0.753. The fraction of sp³-hybridized carbons (Fsp3) is 0.269. The SMILES string of the molecule is CCCCCc1ccc2c3c(C(N)=O)cccc3n(Cc3cccc(C(F)(F)F)c3F)c2c1. The molecule has 4 rings (SSSR count). The van der Waals surface area contributed by atoms with Crippen molar-refractivity contribution in [2.45, 2.75) is 45.3 Å². The topological polar surface area (TPSA) is 48.0 Å². The van der Waals surface area contributed by atoms with Gasteiger partial charge in [0.25, 0.3) is 0 Å². The van der Waals surface area contributed by atoms with Gasteiger partial charge >= 0.3 is 6.18 Å². The minimum absolute atomic E-state index is 0.0792. The summed E-state index contributed by atoms with van der Waals surface area (Å²) >= 11 is 0. The number of aryl methyl sites for hydroxylation is 1. The van der Waals surface area contributed by atoms with Crippen molar-refractivity contribution in [1.82, 2.24) is 4.57 Å². The van der Waals surface area contributed by atoms with E-state index < -0.39 is 23.5 Å². The summed E-state index contributed by atoms with van der Waals surface area (Å²) in [7, 11) is 0. The number of hydrogen-bond donors (Lipinski definition) is 1. The fourth-order valence-corrected chi connectivity index (χ4v) is 4.39. The number of halogens is 4. The van der Waals surface area contributed by atoms with E-state index in [-0.39, 0.29) is 12.1 Å². The monoisotopic (exact) mass is 456 g/mol. The molecule has 2 N–H and O–H groups in total. The number of primary amides is 1. The molecular weight excluding hydrogens is 432 g/mol. The largest absolute Gasteiger partial charge is 0.419 e. The van der Waals surface area contributed by atoms with Gasteiger partial charge in [-0.1, -0.05) is 50.1 Å². The molecule has 0 unspecified atom stereocenters. The quantitative estimate of drug-likeness (QED) is 0.240. The van der Waals surface area contributed by atoms with Crippen LogP contribution < -0.4 is 5.73 Å². The van der Waals surface area contributed by atoms with Gasteiger partial charge in [-0.2, -0.15) is 13.2 Å². The molecule has 0 saturated carbocycles. The van der Waals surface area contributed by atoms with Gasteiger partial charge < -0.3 is 10.3 Å². The molecule has 0 fully saturated rings. The first-order valence-electron chi connectivity index (χ1n) is 10.9. The highest BCUT2D eigenvalue weighted by atomic mass is 19.4. The predicted octanol–water partition coefficient (Wildman–Crippen LogP) is 6.83. The molecule has 0 saturated heterocycles. The normalized spacial score (nSPS) is 12.0. The van der Waals surface area contributed by atoms with Crippen LogP contribution in [0.25, 0.3) is 21.8 Å². The Morgan fingerprint density at radius 2 is 1.76 bits per heavy atom. The molecule has 0 spiro atoms. The zero-order valence-electron chi connectivity index (χ0n) is 18.2. The number of benzene rings is 3. The molecule has 172 valence electrons. The second-order valence-electron chi connectivity index (χ2n) is 8.24. The van der Waals surface area contributed by atoms with Gasteiger partial charge in [-0.25, -0.2) is 4.39 Å². The van der Waals surface area contributed by atoms with Crippen molar-refractivity contribution >= 4 is 27.7 Å². The Labute approximate surface area is 188 Å². The van der Waals surface area contributed by atoms with Crippen molar-refractivity contribution in [2.24, 2.45) is 5.73 Å². The van der Waals surface area contributed by atoms with Crippen LogP contribution in [0.15, 0.2) is 54.6 Å². The van der Waals surface area contributed by atoms with Gasteiger partial charge in [0.1, 0.15) is 5.82 Å². The van der Waals surface area contributed by atoms with Crippen LogP contribution in [-0.2, 0) is 19.1 Å². The Balaban J connectivity index is 1.93. The predicted molar refractivity (Wildman–Crippen MR) is 122 cm³/mol. The van der Waals surface area contributed by atoms with Crippen LogP contribution in [0.3, 0.4) is 0 Å². The van der Waals surface area contributed by atoms with Crippen LogP contribution in [0.1, 0.15) is 53.2 Å². The third kappa shape index (κ3) is 4.32. The average molecular weight is 456 g/mol. The molecule has 7 heteroatoms. The molecule has 1 aromatic heterocycles. The van der Waals surface area contributed by atoms with Gasteiger partial charge in [0, 0.05) is 27.4 Å². The zero-order valence-corrected chi connectivity index (χ0v) is 18.2. The van der Waals surface area contributed by atoms with Gasteiger partial charge in [-0.3, -0.25) is 4.79 Å². The van der Waals surface area contributed by atoms with Crippen LogP contribution in [-0.4, -0.2) is 10.5 Å². The number of nitrogens with two attached hydrogens (primary N) is 1. The number of alkyl halides is 3. The van der Waals surface area contributed by atoms with Crippen molar-refractivity contribution in [1.29, 1.82) is 0 Å². The van der Waals surface area contributed by atoms with Crippen molar-refractivity contribution < 1.29 is 22.4 Å². The maximum atomic E-state index is 14.8. The van der Waals surface area contributed by atoms with Crippen molar-refractivity contribution in [3.63, 3.8) is 0 Å². The first kappa shape index (κ1) is 22.8. The Bertz CT molecular complexity index is 1340. The third-order valence-corrected chi connectivity index (χ3v) is 6.00. The molecule has 3 aromatic carbocycles. The summed E-state index contributed by atoms with van der Waals surface area (Å²) in [5, 5.41) is 1.37. The third-order valence-electron chi connectivity index (χ3n) is 6.00. The maximum absolute atomic E-state index is 14.8. The van der Waals surface area contributed by atoms with E-state index in [0.717, 1.165) is 48.2 Å². The summed E-state index contributed by atoms with van der Waals surface area (Å²) < 4.78 is 56.4. The lowest BCUT2D eigenvalue weighted by atomic mass is 10.0. The minimum Gasteiger partial charge on any atom is -0.366 e. The molecule has 0 aliphatic carbocycles. The fourth-order valence-electron chi connectivity index (χ4n) is 4.39. The van der Waals surface area contributed by atoms with Gasteiger partial charge in [0.05, 0.1) is 17.6 Å². The standard InChI is InChI=1S/C26H24F4N2O/c1-2-3-4-7-16-12-13-18-22(14-16)32(21-11-6-9-19(23(18)21)25(31)33)15-17-8-5-10-20(24(17)27)26(28,29)30/h5-6,8-14H,2-4,7,15H2,1H3,(H2,31,33). The molecule has 0 radical (unpaired) electrons. The van der Waals surface area contributed by atoms with E-state index in [0.29, 0.717) is 16.5 Å². The highest BCUT2D eigenvalue weighted by Crippen LogP contribution is 2.36. The summed E-state index contributed by atoms with van der Waals surface area (Å²) in [6.45, 7) is 2.01. The second kappa shape index (κ2) is 8.89. The van der Waals surface area contributed by atoms with E-state index in [1.165, 1.54) is 12.1 Å². The smallest absolute Gasteiger partial charge is 0.366 e. The van der Waals surface area contributed by atoms with E-state index in [1.807, 2.05) is 18.2 Å². The van der Waals surface area contributed by atoms with Gasteiger partial charge in [0.2, 0.25) is 5.91 Å². The molecular formula is C26H24F4N2O. The van der Waals surface area contributed by atoms with Crippen LogP contribution in [0, 0.1) is 5.82 Å². The number of fused-ring (bicyclic) bond motifs is 3. The highest BCUT2D eigenvalue weighted by molar-refractivity contribution is 6.18. The summed E-state index contributed by atoms with van der Waals surface area (Å²) in [5.74, 6) is -1.89. The molecule has 33 heavy (non-hydrogen) atoms. The number of nitrogens with zero attached hydrogens (tertiary/aromatic N) is 1.